The highest BCUT2D eigenvalue weighted by atomic mass is 16.5. The molecule has 0 aliphatic carbocycles. The molecule has 1 rings (SSSR count). The lowest BCUT2D eigenvalue weighted by molar-refractivity contribution is 0.319. The lowest BCUT2D eigenvalue weighted by Crippen LogP contribution is -1.96. The minimum absolute atomic E-state index is 0.492. The molecule has 74 valence electrons. The molecule has 0 amide bonds. The minimum atomic E-state index is 0.492. The molecule has 0 heterocycles. The van der Waals surface area contributed by atoms with E-state index in [4.69, 9.17) is 9.94 Å². The van der Waals surface area contributed by atoms with Gasteiger partial charge >= 0.3 is 0 Å². The van der Waals surface area contributed by atoms with E-state index in [0.717, 1.165) is 11.3 Å². The van der Waals surface area contributed by atoms with E-state index in [1.165, 1.54) is 0 Å². The van der Waals surface area contributed by atoms with Crippen LogP contribution in [0.25, 0.3) is 0 Å². The van der Waals surface area contributed by atoms with Crippen molar-refractivity contribution >= 4 is 5.71 Å². The summed E-state index contributed by atoms with van der Waals surface area (Å²) in [4.78, 5) is 0. The molecule has 3 nitrogen and oxygen atoms in total. The van der Waals surface area contributed by atoms with E-state index in [1.54, 1.807) is 13.0 Å². The first-order valence-corrected chi connectivity index (χ1v) is 4.30. The SMILES string of the molecule is C=CCOc1ccc(/C(C)=N\O)cc1. The first-order valence-electron chi connectivity index (χ1n) is 4.30. The van der Waals surface area contributed by atoms with Gasteiger partial charge in [-0.25, -0.2) is 0 Å². The van der Waals surface area contributed by atoms with Gasteiger partial charge in [0.1, 0.15) is 12.4 Å². The second kappa shape index (κ2) is 5.07. The Morgan fingerprint density at radius 3 is 2.64 bits per heavy atom. The zero-order valence-electron chi connectivity index (χ0n) is 8.10. The van der Waals surface area contributed by atoms with E-state index in [0.29, 0.717) is 12.3 Å². The second-order valence-corrected chi connectivity index (χ2v) is 2.81. The lowest BCUT2D eigenvalue weighted by Gasteiger charge is -2.03. The summed E-state index contributed by atoms with van der Waals surface area (Å²) in [6.07, 6.45) is 1.69. The van der Waals surface area contributed by atoms with Gasteiger partial charge in [0.05, 0.1) is 5.71 Å². The summed E-state index contributed by atoms with van der Waals surface area (Å²) in [5, 5.41) is 11.7. The van der Waals surface area contributed by atoms with Crippen molar-refractivity contribution in [1.29, 1.82) is 0 Å². The van der Waals surface area contributed by atoms with Crippen molar-refractivity contribution in [3.05, 3.63) is 42.5 Å². The summed E-state index contributed by atoms with van der Waals surface area (Å²) in [5.74, 6) is 0.777. The van der Waals surface area contributed by atoms with Gasteiger partial charge in [0, 0.05) is 0 Å². The summed E-state index contributed by atoms with van der Waals surface area (Å²) >= 11 is 0. The predicted molar refractivity (Wildman–Crippen MR) is 56.1 cm³/mol. The van der Waals surface area contributed by atoms with Crippen LogP contribution in [0.3, 0.4) is 0 Å². The Labute approximate surface area is 83.3 Å². The van der Waals surface area contributed by atoms with Crippen LogP contribution in [-0.2, 0) is 0 Å². The van der Waals surface area contributed by atoms with Gasteiger partial charge in [0.25, 0.3) is 0 Å². The monoisotopic (exact) mass is 191 g/mol. The number of benzene rings is 1. The molecule has 0 atom stereocenters. The zero-order valence-corrected chi connectivity index (χ0v) is 8.10. The highest BCUT2D eigenvalue weighted by Gasteiger charge is 1.97. The molecule has 3 heteroatoms. The number of oxime groups is 1. The quantitative estimate of drug-likeness (QED) is 0.344. The van der Waals surface area contributed by atoms with Crippen LogP contribution in [-0.4, -0.2) is 17.5 Å². The van der Waals surface area contributed by atoms with Crippen LogP contribution >= 0.6 is 0 Å². The van der Waals surface area contributed by atoms with Crippen molar-refractivity contribution in [3.63, 3.8) is 0 Å². The third-order valence-electron chi connectivity index (χ3n) is 1.79. The Morgan fingerprint density at radius 2 is 2.14 bits per heavy atom. The van der Waals surface area contributed by atoms with Gasteiger partial charge in [0.2, 0.25) is 0 Å². The number of nitrogens with zero attached hydrogens (tertiary/aromatic N) is 1. The zero-order chi connectivity index (χ0) is 10.4. The van der Waals surface area contributed by atoms with E-state index >= 15 is 0 Å². The smallest absolute Gasteiger partial charge is 0.119 e. The van der Waals surface area contributed by atoms with E-state index < -0.39 is 0 Å². The normalized spacial score (nSPS) is 11.1. The molecule has 0 radical (unpaired) electrons. The second-order valence-electron chi connectivity index (χ2n) is 2.81. The maximum atomic E-state index is 8.54. The highest BCUT2D eigenvalue weighted by Crippen LogP contribution is 2.12. The third-order valence-corrected chi connectivity index (χ3v) is 1.79. The first kappa shape index (κ1) is 10.3. The van der Waals surface area contributed by atoms with E-state index in [-0.39, 0.29) is 0 Å². The molecule has 0 spiro atoms. The van der Waals surface area contributed by atoms with Gasteiger partial charge in [-0.15, -0.1) is 0 Å². The van der Waals surface area contributed by atoms with Gasteiger partial charge in [-0.05, 0) is 36.8 Å². The maximum Gasteiger partial charge on any atom is 0.119 e. The molecule has 0 fully saturated rings. The van der Waals surface area contributed by atoms with Crippen molar-refractivity contribution in [1.82, 2.24) is 0 Å². The number of rotatable bonds is 4. The Kier molecular flexibility index (Phi) is 3.73. The molecule has 0 aliphatic rings. The van der Waals surface area contributed by atoms with Crippen LogP contribution in [0.5, 0.6) is 5.75 Å². The summed E-state index contributed by atoms with van der Waals surface area (Å²) in [5.41, 5.74) is 1.46. The molecule has 14 heavy (non-hydrogen) atoms. The maximum absolute atomic E-state index is 8.54. The summed E-state index contributed by atoms with van der Waals surface area (Å²) in [7, 11) is 0. The minimum Gasteiger partial charge on any atom is -0.490 e. The Morgan fingerprint density at radius 1 is 1.50 bits per heavy atom. The van der Waals surface area contributed by atoms with Crippen LogP contribution in [0.15, 0.2) is 42.1 Å². The van der Waals surface area contributed by atoms with Crippen LogP contribution in [0, 0.1) is 0 Å². The Hall–Kier alpha value is -1.77. The fraction of sp³-hybridized carbons (Fsp3) is 0.182. The number of hydrogen-bond acceptors (Lipinski definition) is 3. The summed E-state index contributed by atoms with van der Waals surface area (Å²) in [6, 6.07) is 7.34. The van der Waals surface area contributed by atoms with Crippen LogP contribution in [0.1, 0.15) is 12.5 Å². The molecule has 0 saturated heterocycles. The fourth-order valence-corrected chi connectivity index (χ4v) is 1.01. The van der Waals surface area contributed by atoms with Gasteiger partial charge in [0.15, 0.2) is 0 Å². The summed E-state index contributed by atoms with van der Waals surface area (Å²) < 4.78 is 5.30. The molecular formula is C11H13NO2. The molecule has 0 bridgehead atoms. The number of hydrogen-bond donors (Lipinski definition) is 1. The topological polar surface area (TPSA) is 41.8 Å². The van der Waals surface area contributed by atoms with Gasteiger partial charge in [-0.3, -0.25) is 0 Å². The molecular weight excluding hydrogens is 178 g/mol. The average molecular weight is 191 g/mol. The van der Waals surface area contributed by atoms with Crippen LogP contribution < -0.4 is 4.74 Å². The summed E-state index contributed by atoms with van der Waals surface area (Å²) in [6.45, 7) is 5.79. The van der Waals surface area contributed by atoms with Crippen LogP contribution in [0.2, 0.25) is 0 Å². The van der Waals surface area contributed by atoms with E-state index in [2.05, 4.69) is 11.7 Å². The third kappa shape index (κ3) is 2.62. The fourth-order valence-electron chi connectivity index (χ4n) is 1.01. The highest BCUT2D eigenvalue weighted by molar-refractivity contribution is 5.98. The number of ether oxygens (including phenoxy) is 1. The van der Waals surface area contributed by atoms with Crippen LogP contribution in [0.4, 0.5) is 0 Å². The van der Waals surface area contributed by atoms with Crippen molar-refractivity contribution in [2.24, 2.45) is 5.16 Å². The van der Waals surface area contributed by atoms with Crippen molar-refractivity contribution in [3.8, 4) is 5.75 Å². The van der Waals surface area contributed by atoms with E-state index in [1.807, 2.05) is 24.3 Å². The van der Waals surface area contributed by atoms with E-state index in [9.17, 15) is 0 Å². The van der Waals surface area contributed by atoms with Gasteiger partial charge in [-0.2, -0.15) is 0 Å². The van der Waals surface area contributed by atoms with Crippen molar-refractivity contribution in [2.75, 3.05) is 6.61 Å². The van der Waals surface area contributed by atoms with Crippen molar-refractivity contribution in [2.45, 2.75) is 6.92 Å². The van der Waals surface area contributed by atoms with Gasteiger partial charge < -0.3 is 9.94 Å². The molecule has 0 aromatic heterocycles. The first-order chi connectivity index (χ1) is 6.77. The lowest BCUT2D eigenvalue weighted by atomic mass is 10.1. The molecule has 0 aliphatic heterocycles. The standard InChI is InChI=1S/C11H13NO2/c1-3-8-14-11-6-4-10(5-7-11)9(2)12-13/h3-7,13H,1,8H2,2H3/b12-9-. The molecule has 0 saturated carbocycles. The molecule has 1 N–H and O–H groups in total. The van der Waals surface area contributed by atoms with Gasteiger partial charge in [-0.1, -0.05) is 17.8 Å². The molecule has 1 aromatic rings. The average Bonchev–Trinajstić information content (AvgIpc) is 2.26. The Balaban J connectivity index is 2.73. The predicted octanol–water partition coefficient (Wildman–Crippen LogP) is 2.45. The molecule has 1 aromatic carbocycles. The van der Waals surface area contributed by atoms with Crippen molar-refractivity contribution < 1.29 is 9.94 Å². The largest absolute Gasteiger partial charge is 0.490 e. The molecule has 0 unspecified atom stereocenters. The Bertz CT molecular complexity index is 328.